The van der Waals surface area contributed by atoms with Crippen molar-refractivity contribution in [1.29, 1.82) is 0 Å². The lowest BCUT2D eigenvalue weighted by Crippen LogP contribution is -2.33. The molecule has 3 aromatic rings. The quantitative estimate of drug-likeness (QED) is 0.369. The Balaban J connectivity index is 1.64. The number of benzene rings is 2. The van der Waals surface area contributed by atoms with Crippen LogP contribution in [-0.4, -0.2) is 41.3 Å². The van der Waals surface area contributed by atoms with Crippen molar-refractivity contribution in [3.05, 3.63) is 74.9 Å². The Kier molecular flexibility index (Phi) is 6.56. The van der Waals surface area contributed by atoms with Crippen LogP contribution >= 0.6 is 23.2 Å². The van der Waals surface area contributed by atoms with Gasteiger partial charge in [0.15, 0.2) is 6.61 Å². The van der Waals surface area contributed by atoms with E-state index in [9.17, 15) is 9.59 Å². The van der Waals surface area contributed by atoms with Crippen LogP contribution in [0.4, 0.5) is 0 Å². The van der Waals surface area contributed by atoms with Crippen molar-refractivity contribution in [1.82, 2.24) is 9.88 Å². The molecule has 4 rings (SSSR count). The highest BCUT2D eigenvalue weighted by Crippen LogP contribution is 2.29. The molecule has 0 N–H and O–H groups in total. The number of hydrogen-bond donors (Lipinski definition) is 0. The van der Waals surface area contributed by atoms with Gasteiger partial charge in [0.05, 0.1) is 16.1 Å². The number of ether oxygens (including phenoxy) is 1. The maximum Gasteiger partial charge on any atom is 0.339 e. The SMILES string of the molecule is CCCN1CCc2nc3ccccc3c(C(=O)OCC(=O)c3ccc(Cl)cc3Cl)c2C1. The summed E-state index contributed by atoms with van der Waals surface area (Å²) in [4.78, 5) is 32.9. The topological polar surface area (TPSA) is 59.5 Å². The average Bonchev–Trinajstić information content (AvgIpc) is 2.76. The van der Waals surface area contributed by atoms with Crippen molar-refractivity contribution in [3.8, 4) is 0 Å². The molecule has 1 aromatic heterocycles. The van der Waals surface area contributed by atoms with Gasteiger partial charge >= 0.3 is 5.97 Å². The number of para-hydroxylation sites is 1. The molecule has 0 spiro atoms. The summed E-state index contributed by atoms with van der Waals surface area (Å²) in [5.74, 6) is -0.901. The Bertz CT molecular complexity index is 1160. The second-order valence-corrected chi connectivity index (χ2v) is 8.42. The first-order valence-electron chi connectivity index (χ1n) is 10.3. The van der Waals surface area contributed by atoms with E-state index < -0.39 is 12.6 Å². The minimum Gasteiger partial charge on any atom is -0.454 e. The van der Waals surface area contributed by atoms with Crippen molar-refractivity contribution < 1.29 is 14.3 Å². The zero-order valence-corrected chi connectivity index (χ0v) is 18.7. The second kappa shape index (κ2) is 9.35. The van der Waals surface area contributed by atoms with Crippen LogP contribution < -0.4 is 0 Å². The molecule has 0 saturated carbocycles. The monoisotopic (exact) mass is 456 g/mol. The van der Waals surface area contributed by atoms with Crippen LogP contribution in [0.1, 0.15) is 45.3 Å². The number of nitrogens with zero attached hydrogens (tertiary/aromatic N) is 2. The minimum absolute atomic E-state index is 0.232. The molecule has 2 aromatic carbocycles. The first-order chi connectivity index (χ1) is 15.0. The van der Waals surface area contributed by atoms with Gasteiger partial charge in [0.1, 0.15) is 0 Å². The van der Waals surface area contributed by atoms with E-state index in [4.69, 9.17) is 32.9 Å². The van der Waals surface area contributed by atoms with Crippen LogP contribution in [0.15, 0.2) is 42.5 Å². The molecule has 0 radical (unpaired) electrons. The number of halogens is 2. The summed E-state index contributed by atoms with van der Waals surface area (Å²) in [6, 6.07) is 12.1. The van der Waals surface area contributed by atoms with Gasteiger partial charge < -0.3 is 4.74 Å². The highest BCUT2D eigenvalue weighted by Gasteiger charge is 2.27. The fraction of sp³-hybridized carbons (Fsp3) is 0.292. The van der Waals surface area contributed by atoms with Crippen molar-refractivity contribution in [2.24, 2.45) is 0 Å². The molecule has 1 aliphatic rings. The molecule has 1 aliphatic heterocycles. The van der Waals surface area contributed by atoms with Gasteiger partial charge in [0, 0.05) is 46.7 Å². The van der Waals surface area contributed by atoms with E-state index >= 15 is 0 Å². The number of hydrogen-bond acceptors (Lipinski definition) is 5. The Hall–Kier alpha value is -2.47. The van der Waals surface area contributed by atoms with Gasteiger partial charge in [-0.25, -0.2) is 4.79 Å². The summed E-state index contributed by atoms with van der Waals surface area (Å²) in [6.07, 6.45) is 1.81. The molecular weight excluding hydrogens is 435 g/mol. The normalized spacial score (nSPS) is 13.8. The van der Waals surface area contributed by atoms with Gasteiger partial charge in [-0.1, -0.05) is 48.3 Å². The molecule has 0 unspecified atom stereocenters. The standard InChI is InChI=1S/C24H22Cl2N2O3/c1-2-10-28-11-9-21-18(13-28)23(17-5-3-4-6-20(17)27-21)24(30)31-14-22(29)16-8-7-15(25)12-19(16)26/h3-8,12H,2,9-11,13-14H2,1H3. The predicted octanol–water partition coefficient (Wildman–Crippen LogP) is 5.35. The van der Waals surface area contributed by atoms with Crippen molar-refractivity contribution >= 4 is 45.9 Å². The number of Topliss-reactive ketones (excluding diaryl/α,β-unsaturated/α-hetero) is 1. The molecule has 31 heavy (non-hydrogen) atoms. The summed E-state index contributed by atoms with van der Waals surface area (Å²) in [7, 11) is 0. The molecule has 7 heteroatoms. The third kappa shape index (κ3) is 4.59. The van der Waals surface area contributed by atoms with Gasteiger partial charge in [-0.3, -0.25) is 14.7 Å². The van der Waals surface area contributed by atoms with Crippen molar-refractivity contribution in [3.63, 3.8) is 0 Å². The van der Waals surface area contributed by atoms with Crippen LogP contribution in [-0.2, 0) is 17.7 Å². The maximum absolute atomic E-state index is 13.2. The summed E-state index contributed by atoms with van der Waals surface area (Å²) >= 11 is 12.0. The lowest BCUT2D eigenvalue weighted by molar-refractivity contribution is 0.0474. The lowest BCUT2D eigenvalue weighted by Gasteiger charge is -2.29. The van der Waals surface area contributed by atoms with Gasteiger partial charge in [-0.2, -0.15) is 0 Å². The molecule has 0 saturated heterocycles. The molecule has 0 atom stereocenters. The number of pyridine rings is 1. The van der Waals surface area contributed by atoms with E-state index in [0.717, 1.165) is 48.1 Å². The lowest BCUT2D eigenvalue weighted by atomic mass is 9.95. The second-order valence-electron chi connectivity index (χ2n) is 7.58. The minimum atomic E-state index is -0.522. The van der Waals surface area contributed by atoms with Crippen molar-refractivity contribution in [2.75, 3.05) is 19.7 Å². The van der Waals surface area contributed by atoms with Crippen molar-refractivity contribution in [2.45, 2.75) is 26.3 Å². The number of carbonyl (C=O) groups excluding carboxylic acids is 2. The van der Waals surface area contributed by atoms with Crippen LogP contribution in [0.2, 0.25) is 10.0 Å². The average molecular weight is 457 g/mol. The van der Waals surface area contributed by atoms with E-state index in [1.54, 1.807) is 6.07 Å². The Labute approximate surface area is 190 Å². The molecule has 0 aliphatic carbocycles. The highest BCUT2D eigenvalue weighted by atomic mass is 35.5. The van der Waals surface area contributed by atoms with E-state index in [1.807, 2.05) is 24.3 Å². The fourth-order valence-corrected chi connectivity index (χ4v) is 4.50. The largest absolute Gasteiger partial charge is 0.454 e. The number of carbonyl (C=O) groups is 2. The van der Waals surface area contributed by atoms with Gasteiger partial charge in [-0.05, 0) is 37.2 Å². The summed E-state index contributed by atoms with van der Waals surface area (Å²) in [5.41, 5.74) is 3.33. The van der Waals surface area contributed by atoms with Gasteiger partial charge in [0.25, 0.3) is 0 Å². The zero-order valence-electron chi connectivity index (χ0n) is 17.2. The van der Waals surface area contributed by atoms with E-state index in [1.165, 1.54) is 12.1 Å². The molecule has 2 heterocycles. The maximum atomic E-state index is 13.2. The van der Waals surface area contributed by atoms with E-state index in [-0.39, 0.29) is 16.4 Å². The molecule has 160 valence electrons. The fourth-order valence-electron chi connectivity index (χ4n) is 3.98. The third-order valence-electron chi connectivity index (χ3n) is 5.44. The van der Waals surface area contributed by atoms with Crippen LogP contribution in [0.25, 0.3) is 10.9 Å². The molecular formula is C24H22Cl2N2O3. The summed E-state index contributed by atoms with van der Waals surface area (Å²) in [5, 5.41) is 1.40. The Morgan fingerprint density at radius 1 is 1.16 bits per heavy atom. The smallest absolute Gasteiger partial charge is 0.339 e. The van der Waals surface area contributed by atoms with Crippen LogP contribution in [0, 0.1) is 0 Å². The van der Waals surface area contributed by atoms with Gasteiger partial charge in [0.2, 0.25) is 5.78 Å². The Morgan fingerprint density at radius 3 is 2.74 bits per heavy atom. The van der Waals surface area contributed by atoms with E-state index in [2.05, 4.69) is 11.8 Å². The first kappa shape index (κ1) is 21.8. The summed E-state index contributed by atoms with van der Waals surface area (Å²) < 4.78 is 5.47. The number of esters is 1. The first-order valence-corrected chi connectivity index (χ1v) is 11.0. The van der Waals surface area contributed by atoms with Crippen LogP contribution in [0.3, 0.4) is 0 Å². The predicted molar refractivity (Wildman–Crippen MR) is 122 cm³/mol. The third-order valence-corrected chi connectivity index (χ3v) is 5.98. The van der Waals surface area contributed by atoms with E-state index in [0.29, 0.717) is 17.1 Å². The highest BCUT2D eigenvalue weighted by molar-refractivity contribution is 6.36. The number of rotatable bonds is 6. The molecule has 0 bridgehead atoms. The summed E-state index contributed by atoms with van der Waals surface area (Å²) in [6.45, 7) is 4.24. The molecule has 0 amide bonds. The van der Waals surface area contributed by atoms with Crippen LogP contribution in [0.5, 0.6) is 0 Å². The number of ketones is 1. The number of fused-ring (bicyclic) bond motifs is 2. The van der Waals surface area contributed by atoms with Gasteiger partial charge in [-0.15, -0.1) is 0 Å². The zero-order chi connectivity index (χ0) is 22.0. The number of aromatic nitrogens is 1. The molecule has 0 fully saturated rings. The molecule has 5 nitrogen and oxygen atoms in total. The Morgan fingerprint density at radius 2 is 1.97 bits per heavy atom.